The molecular formula is C14H17N3O2S. The van der Waals surface area contributed by atoms with Gasteiger partial charge in [0.15, 0.2) is 0 Å². The summed E-state index contributed by atoms with van der Waals surface area (Å²) in [6.45, 7) is 6.72. The molecule has 0 bridgehead atoms. The van der Waals surface area contributed by atoms with Crippen molar-refractivity contribution in [1.29, 1.82) is 0 Å². The van der Waals surface area contributed by atoms with E-state index in [2.05, 4.69) is 10.3 Å². The molecule has 2 aromatic rings. The van der Waals surface area contributed by atoms with Crippen LogP contribution in [-0.2, 0) is 6.54 Å². The van der Waals surface area contributed by atoms with Crippen molar-refractivity contribution >= 4 is 17.0 Å². The van der Waals surface area contributed by atoms with Gasteiger partial charge in [0, 0.05) is 29.6 Å². The average Bonchev–Trinajstić information content (AvgIpc) is 2.74. The highest BCUT2D eigenvalue weighted by Gasteiger charge is 2.12. The van der Waals surface area contributed by atoms with Crippen LogP contribution < -0.4 is 5.32 Å². The fraction of sp³-hybridized carbons (Fsp3) is 0.357. The molecule has 0 fully saturated rings. The lowest BCUT2D eigenvalue weighted by Crippen LogP contribution is -2.18. The second kappa shape index (κ2) is 6.11. The number of nitrogens with zero attached hydrogens (tertiary/aromatic N) is 2. The van der Waals surface area contributed by atoms with Gasteiger partial charge in [-0.3, -0.25) is 10.1 Å². The molecule has 0 saturated heterocycles. The highest BCUT2D eigenvalue weighted by molar-refractivity contribution is 7.11. The molecule has 20 heavy (non-hydrogen) atoms. The Morgan fingerprint density at radius 2 is 2.20 bits per heavy atom. The third kappa shape index (κ3) is 3.40. The Morgan fingerprint density at radius 3 is 2.80 bits per heavy atom. The zero-order valence-corrected chi connectivity index (χ0v) is 12.5. The number of benzene rings is 1. The van der Waals surface area contributed by atoms with Gasteiger partial charge in [-0.1, -0.05) is 12.1 Å². The summed E-state index contributed by atoms with van der Waals surface area (Å²) in [5, 5.41) is 15.2. The Morgan fingerprint density at radius 1 is 1.45 bits per heavy atom. The van der Waals surface area contributed by atoms with Crippen LogP contribution in [0.25, 0.3) is 0 Å². The smallest absolute Gasteiger partial charge is 0.269 e. The fourth-order valence-corrected chi connectivity index (χ4v) is 2.90. The van der Waals surface area contributed by atoms with Crippen molar-refractivity contribution in [3.05, 3.63) is 55.5 Å². The van der Waals surface area contributed by atoms with Gasteiger partial charge in [0.2, 0.25) is 0 Å². The molecule has 0 aliphatic rings. The van der Waals surface area contributed by atoms with E-state index in [0.29, 0.717) is 0 Å². The summed E-state index contributed by atoms with van der Waals surface area (Å²) in [7, 11) is 0. The van der Waals surface area contributed by atoms with E-state index in [9.17, 15) is 10.1 Å². The van der Waals surface area contributed by atoms with Gasteiger partial charge in [0.25, 0.3) is 5.69 Å². The van der Waals surface area contributed by atoms with Gasteiger partial charge < -0.3 is 5.32 Å². The number of nitro groups is 1. The molecular weight excluding hydrogens is 274 g/mol. The molecule has 2 rings (SSSR count). The van der Waals surface area contributed by atoms with E-state index in [1.165, 1.54) is 10.9 Å². The topological polar surface area (TPSA) is 68.1 Å². The van der Waals surface area contributed by atoms with Gasteiger partial charge >= 0.3 is 0 Å². The second-order valence-electron chi connectivity index (χ2n) is 4.70. The molecule has 1 N–H and O–H groups in total. The van der Waals surface area contributed by atoms with Crippen LogP contribution >= 0.6 is 11.3 Å². The minimum atomic E-state index is -0.368. The van der Waals surface area contributed by atoms with Crippen LogP contribution in [0.15, 0.2) is 24.3 Å². The minimum absolute atomic E-state index is 0.0525. The van der Waals surface area contributed by atoms with Crippen LogP contribution in [0.5, 0.6) is 0 Å². The summed E-state index contributed by atoms with van der Waals surface area (Å²) in [6, 6.07) is 6.79. The number of nitrogens with one attached hydrogen (secondary N) is 1. The Hall–Kier alpha value is -1.79. The van der Waals surface area contributed by atoms with Gasteiger partial charge in [-0.15, -0.1) is 11.3 Å². The Kier molecular flexibility index (Phi) is 4.46. The van der Waals surface area contributed by atoms with E-state index < -0.39 is 0 Å². The first-order valence-corrected chi connectivity index (χ1v) is 7.19. The van der Waals surface area contributed by atoms with Crippen molar-refractivity contribution in [2.75, 3.05) is 0 Å². The molecule has 0 aliphatic carbocycles. The minimum Gasteiger partial charge on any atom is -0.305 e. The molecule has 6 heteroatoms. The van der Waals surface area contributed by atoms with E-state index in [-0.39, 0.29) is 16.7 Å². The number of thiazole rings is 1. The number of rotatable bonds is 5. The van der Waals surface area contributed by atoms with Gasteiger partial charge in [-0.2, -0.15) is 0 Å². The van der Waals surface area contributed by atoms with Crippen molar-refractivity contribution < 1.29 is 4.92 Å². The lowest BCUT2D eigenvalue weighted by Gasteiger charge is -2.13. The molecule has 1 unspecified atom stereocenters. The lowest BCUT2D eigenvalue weighted by atomic mass is 10.1. The zero-order valence-electron chi connectivity index (χ0n) is 11.7. The molecule has 1 atom stereocenters. The fourth-order valence-electron chi connectivity index (χ4n) is 2.01. The van der Waals surface area contributed by atoms with E-state index in [4.69, 9.17) is 0 Å². The molecule has 0 saturated carbocycles. The van der Waals surface area contributed by atoms with Gasteiger partial charge in [-0.25, -0.2) is 4.98 Å². The standard InChI is InChI=1S/C14H17N3O2S/c1-9(12-5-4-6-13(7-12)17(18)19)15-8-14-10(2)16-11(3)20-14/h4-7,9,15H,8H2,1-3H3. The third-order valence-electron chi connectivity index (χ3n) is 3.15. The maximum atomic E-state index is 10.8. The van der Waals surface area contributed by atoms with E-state index >= 15 is 0 Å². The van der Waals surface area contributed by atoms with Crippen molar-refractivity contribution in [2.24, 2.45) is 0 Å². The number of non-ortho nitro benzene ring substituents is 1. The summed E-state index contributed by atoms with van der Waals surface area (Å²) in [4.78, 5) is 16.0. The number of nitro benzene ring substituents is 1. The largest absolute Gasteiger partial charge is 0.305 e. The highest BCUT2D eigenvalue weighted by Crippen LogP contribution is 2.21. The summed E-state index contributed by atoms with van der Waals surface area (Å²) in [5.41, 5.74) is 2.09. The van der Waals surface area contributed by atoms with Crippen LogP contribution in [0.3, 0.4) is 0 Å². The third-order valence-corrected chi connectivity index (χ3v) is 4.22. The van der Waals surface area contributed by atoms with Crippen LogP contribution in [0, 0.1) is 24.0 Å². The quantitative estimate of drug-likeness (QED) is 0.676. The summed E-state index contributed by atoms with van der Waals surface area (Å²) in [6.07, 6.45) is 0. The Balaban J connectivity index is 2.05. The Labute approximate surface area is 121 Å². The number of aromatic nitrogens is 1. The van der Waals surface area contributed by atoms with Crippen molar-refractivity contribution in [1.82, 2.24) is 10.3 Å². The average molecular weight is 291 g/mol. The SMILES string of the molecule is Cc1nc(C)c(CNC(C)c2cccc([N+](=O)[O-])c2)s1. The van der Waals surface area contributed by atoms with Crippen LogP contribution in [0.2, 0.25) is 0 Å². The zero-order chi connectivity index (χ0) is 14.7. The van der Waals surface area contributed by atoms with Crippen LogP contribution in [-0.4, -0.2) is 9.91 Å². The molecule has 0 radical (unpaired) electrons. The first-order chi connectivity index (χ1) is 9.47. The van der Waals surface area contributed by atoms with E-state index in [1.54, 1.807) is 23.5 Å². The molecule has 106 valence electrons. The van der Waals surface area contributed by atoms with Crippen molar-refractivity contribution in [2.45, 2.75) is 33.4 Å². The molecule has 1 heterocycles. The first-order valence-electron chi connectivity index (χ1n) is 6.38. The Bertz CT molecular complexity index is 625. The second-order valence-corrected chi connectivity index (χ2v) is 5.98. The highest BCUT2D eigenvalue weighted by atomic mass is 32.1. The van der Waals surface area contributed by atoms with Crippen LogP contribution in [0.4, 0.5) is 5.69 Å². The summed E-state index contributed by atoms with van der Waals surface area (Å²) >= 11 is 1.68. The van der Waals surface area contributed by atoms with Crippen LogP contribution in [0.1, 0.15) is 34.1 Å². The van der Waals surface area contributed by atoms with Gasteiger partial charge in [0.05, 0.1) is 15.6 Å². The number of hydrogen-bond donors (Lipinski definition) is 1. The molecule has 0 amide bonds. The number of hydrogen-bond acceptors (Lipinski definition) is 5. The predicted octanol–water partition coefficient (Wildman–Crippen LogP) is 3.52. The molecule has 1 aromatic heterocycles. The van der Waals surface area contributed by atoms with Crippen molar-refractivity contribution in [3.63, 3.8) is 0 Å². The van der Waals surface area contributed by atoms with Gasteiger partial charge in [-0.05, 0) is 26.3 Å². The normalized spacial score (nSPS) is 12.3. The van der Waals surface area contributed by atoms with E-state index in [0.717, 1.165) is 22.8 Å². The number of aryl methyl sites for hydroxylation is 2. The predicted molar refractivity (Wildman–Crippen MR) is 79.9 cm³/mol. The molecule has 0 aliphatic heterocycles. The molecule has 5 nitrogen and oxygen atoms in total. The van der Waals surface area contributed by atoms with Crippen molar-refractivity contribution in [3.8, 4) is 0 Å². The maximum Gasteiger partial charge on any atom is 0.269 e. The first kappa shape index (κ1) is 14.6. The lowest BCUT2D eigenvalue weighted by molar-refractivity contribution is -0.384. The van der Waals surface area contributed by atoms with Gasteiger partial charge in [0.1, 0.15) is 0 Å². The summed E-state index contributed by atoms with van der Waals surface area (Å²) in [5.74, 6) is 0. The maximum absolute atomic E-state index is 10.8. The molecule has 1 aromatic carbocycles. The monoisotopic (exact) mass is 291 g/mol. The molecule has 0 spiro atoms. The summed E-state index contributed by atoms with van der Waals surface area (Å²) < 4.78 is 0. The van der Waals surface area contributed by atoms with E-state index in [1.807, 2.05) is 26.8 Å².